The van der Waals surface area contributed by atoms with Gasteiger partial charge < -0.3 is 19.9 Å². The Hall–Kier alpha value is -2.16. The van der Waals surface area contributed by atoms with Crippen molar-refractivity contribution >= 4 is 16.8 Å². The monoisotopic (exact) mass is 404 g/mol. The Morgan fingerprint density at radius 1 is 1.31 bits per heavy atom. The van der Waals surface area contributed by atoms with Gasteiger partial charge in [0.15, 0.2) is 5.69 Å². The van der Waals surface area contributed by atoms with Crippen LogP contribution in [-0.4, -0.2) is 78.3 Å². The van der Waals surface area contributed by atoms with Crippen LogP contribution in [0.5, 0.6) is 5.75 Å². The number of benzene rings is 1. The Morgan fingerprint density at radius 2 is 2.07 bits per heavy atom. The highest BCUT2D eigenvalue weighted by Gasteiger charge is 2.23. The van der Waals surface area contributed by atoms with Gasteiger partial charge in [-0.2, -0.15) is 5.10 Å². The number of nitrogens with zero attached hydrogens (tertiary/aromatic N) is 3. The van der Waals surface area contributed by atoms with Crippen molar-refractivity contribution in [3.05, 3.63) is 23.9 Å². The average Bonchev–Trinajstić information content (AvgIpc) is 3.11. The zero-order valence-electron chi connectivity index (χ0n) is 17.6. The van der Waals surface area contributed by atoms with E-state index < -0.39 is 0 Å². The summed E-state index contributed by atoms with van der Waals surface area (Å²) in [6.45, 7) is 8.80. The number of morpholine rings is 1. The molecule has 3 rings (SSSR count). The third-order valence-electron chi connectivity index (χ3n) is 5.21. The van der Waals surface area contributed by atoms with Crippen LogP contribution in [0.3, 0.4) is 0 Å². The van der Waals surface area contributed by atoms with Gasteiger partial charge in [-0.3, -0.25) is 14.4 Å². The van der Waals surface area contributed by atoms with Crippen LogP contribution in [0, 0.1) is 5.92 Å². The molecular weight excluding hydrogens is 372 g/mol. The number of carbonyl (C=O) groups excluding carboxylic acids is 1. The molecule has 160 valence electrons. The molecule has 0 radical (unpaired) electrons. The smallest absolute Gasteiger partial charge is 0.272 e. The Morgan fingerprint density at radius 3 is 2.72 bits per heavy atom. The molecule has 2 aromatic rings. The van der Waals surface area contributed by atoms with Crippen molar-refractivity contribution in [1.82, 2.24) is 20.0 Å². The Labute approximate surface area is 171 Å². The molecule has 0 unspecified atom stereocenters. The Kier molecular flexibility index (Phi) is 7.46. The first kappa shape index (κ1) is 21.5. The fraction of sp³-hybridized carbons (Fsp3) is 0.619. The number of amides is 1. The molecule has 1 amide bonds. The van der Waals surface area contributed by atoms with Gasteiger partial charge in [0, 0.05) is 25.0 Å². The second-order valence-corrected chi connectivity index (χ2v) is 7.86. The maximum absolute atomic E-state index is 13.0. The lowest BCUT2D eigenvalue weighted by Crippen LogP contribution is -2.39. The first-order chi connectivity index (χ1) is 14.0. The van der Waals surface area contributed by atoms with E-state index in [1.165, 1.54) is 0 Å². The zero-order valence-corrected chi connectivity index (χ0v) is 17.6. The third-order valence-corrected chi connectivity index (χ3v) is 5.21. The zero-order chi connectivity index (χ0) is 20.8. The molecule has 1 aromatic heterocycles. The molecule has 0 saturated carbocycles. The number of rotatable bonds is 9. The highest BCUT2D eigenvalue weighted by molar-refractivity contribution is 6.06. The van der Waals surface area contributed by atoms with E-state index in [0.717, 1.165) is 43.8 Å². The summed E-state index contributed by atoms with van der Waals surface area (Å²) in [5, 5.41) is 17.9. The van der Waals surface area contributed by atoms with Crippen molar-refractivity contribution < 1.29 is 19.4 Å². The molecule has 29 heavy (non-hydrogen) atoms. The number of hydrogen-bond donors (Lipinski definition) is 2. The van der Waals surface area contributed by atoms with E-state index in [2.05, 4.69) is 29.2 Å². The van der Waals surface area contributed by atoms with Crippen molar-refractivity contribution in [2.45, 2.75) is 32.9 Å². The van der Waals surface area contributed by atoms with E-state index in [9.17, 15) is 9.90 Å². The lowest BCUT2D eigenvalue weighted by Gasteiger charge is -2.26. The molecule has 0 spiro atoms. The molecular formula is C21H32N4O4. The first-order valence-corrected chi connectivity index (χ1v) is 10.3. The van der Waals surface area contributed by atoms with Crippen LogP contribution < -0.4 is 10.1 Å². The number of aromatic nitrogens is 2. The normalized spacial score (nSPS) is 16.3. The summed E-state index contributed by atoms with van der Waals surface area (Å²) >= 11 is 0. The summed E-state index contributed by atoms with van der Waals surface area (Å²) < 4.78 is 12.8. The van der Waals surface area contributed by atoms with Gasteiger partial charge in [0.2, 0.25) is 0 Å². The number of hydrogen-bond acceptors (Lipinski definition) is 6. The second-order valence-electron chi connectivity index (χ2n) is 7.86. The van der Waals surface area contributed by atoms with Crippen LogP contribution in [0.2, 0.25) is 0 Å². The number of para-hydroxylation sites is 1. The highest BCUT2D eigenvalue weighted by atomic mass is 16.5. The van der Waals surface area contributed by atoms with Crippen LogP contribution in [0.1, 0.15) is 30.8 Å². The molecule has 1 atom stereocenters. The summed E-state index contributed by atoms with van der Waals surface area (Å²) in [4.78, 5) is 15.3. The van der Waals surface area contributed by atoms with Crippen LogP contribution in [-0.2, 0) is 11.3 Å². The maximum atomic E-state index is 13.0. The van der Waals surface area contributed by atoms with Gasteiger partial charge in [-0.15, -0.1) is 0 Å². The van der Waals surface area contributed by atoms with E-state index in [4.69, 9.17) is 9.47 Å². The number of ether oxygens (including phenoxy) is 2. The van der Waals surface area contributed by atoms with Gasteiger partial charge in [0.25, 0.3) is 5.91 Å². The highest BCUT2D eigenvalue weighted by Crippen LogP contribution is 2.28. The van der Waals surface area contributed by atoms with E-state index in [0.29, 0.717) is 30.3 Å². The fourth-order valence-electron chi connectivity index (χ4n) is 3.76. The van der Waals surface area contributed by atoms with Gasteiger partial charge in [-0.1, -0.05) is 26.0 Å². The summed E-state index contributed by atoms with van der Waals surface area (Å²) in [6, 6.07) is 5.35. The van der Waals surface area contributed by atoms with Gasteiger partial charge in [0.05, 0.1) is 39.5 Å². The van der Waals surface area contributed by atoms with Crippen molar-refractivity contribution in [3.63, 3.8) is 0 Å². The first-order valence-electron chi connectivity index (χ1n) is 10.3. The lowest BCUT2D eigenvalue weighted by molar-refractivity contribution is 0.0361. The number of fused-ring (bicyclic) bond motifs is 1. The van der Waals surface area contributed by atoms with Crippen molar-refractivity contribution in [2.75, 3.05) is 46.6 Å². The van der Waals surface area contributed by atoms with Gasteiger partial charge >= 0.3 is 0 Å². The Balaban J connectivity index is 1.86. The van der Waals surface area contributed by atoms with Crippen LogP contribution in [0.25, 0.3) is 10.9 Å². The van der Waals surface area contributed by atoms with Gasteiger partial charge in [0.1, 0.15) is 11.3 Å². The number of nitrogens with one attached hydrogen (secondary N) is 1. The average molecular weight is 405 g/mol. The van der Waals surface area contributed by atoms with Crippen molar-refractivity contribution in [2.24, 2.45) is 5.92 Å². The number of aliphatic hydroxyl groups is 1. The summed E-state index contributed by atoms with van der Waals surface area (Å²) in [5.41, 5.74) is 1.18. The van der Waals surface area contributed by atoms with Crippen molar-refractivity contribution in [1.29, 1.82) is 0 Å². The van der Waals surface area contributed by atoms with Crippen molar-refractivity contribution in [3.8, 4) is 5.75 Å². The minimum Gasteiger partial charge on any atom is -0.494 e. The quantitative estimate of drug-likeness (QED) is 0.659. The largest absolute Gasteiger partial charge is 0.494 e. The lowest BCUT2D eigenvalue weighted by atomic mass is 10.0. The molecule has 1 aromatic carbocycles. The molecule has 1 aliphatic heterocycles. The molecule has 0 bridgehead atoms. The van der Waals surface area contributed by atoms with Crippen LogP contribution >= 0.6 is 0 Å². The summed E-state index contributed by atoms with van der Waals surface area (Å²) in [6.07, 6.45) is 0.710. The molecule has 2 heterocycles. The predicted octanol–water partition coefficient (Wildman–Crippen LogP) is 1.51. The number of methoxy groups -OCH3 is 1. The van der Waals surface area contributed by atoms with E-state index in [1.807, 2.05) is 22.9 Å². The maximum Gasteiger partial charge on any atom is 0.272 e. The van der Waals surface area contributed by atoms with E-state index in [1.54, 1.807) is 7.11 Å². The minimum atomic E-state index is -0.290. The standard InChI is InChI=1S/C21H32N4O4/c1-15(2)13-16(14-26)22-21(27)19-17-5-4-6-18(28-3)20(17)25(23-19)8-7-24-9-11-29-12-10-24/h4-6,15-16,26H,7-14H2,1-3H3,(H,22,27)/t16-/m1/s1. The Bertz CT molecular complexity index is 814. The van der Waals surface area contributed by atoms with Gasteiger partial charge in [-0.05, 0) is 18.4 Å². The second kappa shape index (κ2) is 10.0. The summed E-state index contributed by atoms with van der Waals surface area (Å²) in [5.74, 6) is 0.792. The van der Waals surface area contributed by atoms with Gasteiger partial charge in [-0.25, -0.2) is 0 Å². The molecule has 2 N–H and O–H groups in total. The molecule has 8 nitrogen and oxygen atoms in total. The minimum absolute atomic E-state index is 0.0943. The number of carbonyl (C=O) groups is 1. The third kappa shape index (κ3) is 5.26. The molecule has 0 aliphatic carbocycles. The van der Waals surface area contributed by atoms with E-state index in [-0.39, 0.29) is 18.6 Å². The molecule has 8 heteroatoms. The molecule has 1 aliphatic rings. The number of aliphatic hydroxyl groups excluding tert-OH is 1. The fourth-order valence-corrected chi connectivity index (χ4v) is 3.76. The predicted molar refractivity (Wildman–Crippen MR) is 111 cm³/mol. The topological polar surface area (TPSA) is 88.8 Å². The van der Waals surface area contributed by atoms with E-state index >= 15 is 0 Å². The van der Waals surface area contributed by atoms with Crippen LogP contribution in [0.15, 0.2) is 18.2 Å². The summed E-state index contributed by atoms with van der Waals surface area (Å²) in [7, 11) is 1.62. The van der Waals surface area contributed by atoms with Crippen LogP contribution in [0.4, 0.5) is 0 Å². The SMILES string of the molecule is COc1cccc2c(C(=O)N[C@@H](CO)CC(C)C)nn(CCN3CCOCC3)c12. The molecule has 1 saturated heterocycles. The molecule has 1 fully saturated rings.